The Hall–Kier alpha value is -1.72. The molecule has 0 spiro atoms. The molecule has 3 rings (SSSR count). The van der Waals surface area contributed by atoms with Gasteiger partial charge in [-0.1, -0.05) is 54.6 Å². The molecule has 0 amide bonds. The molecule has 0 radical (unpaired) electrons. The molecule has 3 atom stereocenters. The largest absolute Gasteiger partial charge is 0.393 e. The number of piperidine rings is 1. The fraction of sp³-hybridized carbons (Fsp3) is 0.455. The van der Waals surface area contributed by atoms with Gasteiger partial charge in [0, 0.05) is 12.6 Å². The fourth-order valence-electron chi connectivity index (χ4n) is 3.92. The van der Waals surface area contributed by atoms with Crippen LogP contribution in [-0.4, -0.2) is 39.4 Å². The maximum absolute atomic E-state index is 10.4. The van der Waals surface area contributed by atoms with Crippen molar-refractivity contribution in [1.29, 1.82) is 0 Å². The number of aliphatic hydroxyl groups excluding tert-OH is 3. The minimum absolute atomic E-state index is 0.0172. The molecule has 0 aliphatic carbocycles. The van der Waals surface area contributed by atoms with Gasteiger partial charge in [0.2, 0.25) is 0 Å². The summed E-state index contributed by atoms with van der Waals surface area (Å²) in [6.45, 7) is 1.73. The molecule has 0 saturated carbocycles. The summed E-state index contributed by atoms with van der Waals surface area (Å²) < 4.78 is 0. The van der Waals surface area contributed by atoms with E-state index in [1.54, 1.807) is 0 Å². The molecule has 2 aromatic carbocycles. The van der Waals surface area contributed by atoms with Crippen LogP contribution in [0.25, 0.3) is 0 Å². The third-order valence-corrected chi connectivity index (χ3v) is 5.38. The van der Waals surface area contributed by atoms with E-state index in [0.717, 1.165) is 49.0 Å². The number of likely N-dealkylation sites (tertiary alicyclic amines) is 1. The lowest BCUT2D eigenvalue weighted by molar-refractivity contribution is 0.0367. The van der Waals surface area contributed by atoms with Crippen molar-refractivity contribution in [2.75, 3.05) is 13.1 Å². The molecule has 1 aliphatic heterocycles. The zero-order valence-corrected chi connectivity index (χ0v) is 15.2. The van der Waals surface area contributed by atoms with Gasteiger partial charge in [0.25, 0.3) is 0 Å². The van der Waals surface area contributed by atoms with E-state index in [0.29, 0.717) is 6.42 Å². The van der Waals surface area contributed by atoms with Crippen molar-refractivity contribution < 1.29 is 15.3 Å². The van der Waals surface area contributed by atoms with Crippen molar-refractivity contribution in [3.8, 4) is 0 Å². The zero-order chi connectivity index (χ0) is 18.4. The summed E-state index contributed by atoms with van der Waals surface area (Å²) in [5.74, 6) is 0. The molecule has 3 unspecified atom stereocenters. The molecule has 26 heavy (non-hydrogen) atoms. The average molecular weight is 355 g/mol. The first-order valence-corrected chi connectivity index (χ1v) is 9.53. The van der Waals surface area contributed by atoms with Crippen LogP contribution in [0.1, 0.15) is 54.5 Å². The Morgan fingerprint density at radius 1 is 1.04 bits per heavy atom. The first kappa shape index (κ1) is 19.1. The normalized spacial score (nSPS) is 22.3. The van der Waals surface area contributed by atoms with Gasteiger partial charge in [-0.05, 0) is 48.9 Å². The van der Waals surface area contributed by atoms with Crippen LogP contribution in [0.15, 0.2) is 54.6 Å². The molecule has 1 saturated heterocycles. The average Bonchev–Trinajstić information content (AvgIpc) is 2.69. The Morgan fingerprint density at radius 3 is 2.54 bits per heavy atom. The van der Waals surface area contributed by atoms with Crippen LogP contribution in [0.5, 0.6) is 0 Å². The second kappa shape index (κ2) is 9.28. The summed E-state index contributed by atoms with van der Waals surface area (Å²) in [7, 11) is 0. The lowest BCUT2D eigenvalue weighted by atomic mass is 9.90. The quantitative estimate of drug-likeness (QED) is 0.714. The minimum Gasteiger partial charge on any atom is -0.393 e. The molecule has 140 valence electrons. The van der Waals surface area contributed by atoms with Crippen LogP contribution in [-0.2, 0) is 6.61 Å². The van der Waals surface area contributed by atoms with E-state index in [2.05, 4.69) is 11.0 Å². The molecule has 1 heterocycles. The summed E-state index contributed by atoms with van der Waals surface area (Å²) >= 11 is 0. The summed E-state index contributed by atoms with van der Waals surface area (Å²) in [5, 5.41) is 30.2. The van der Waals surface area contributed by atoms with Crippen LogP contribution in [0.4, 0.5) is 0 Å². The second-order valence-corrected chi connectivity index (χ2v) is 7.16. The summed E-state index contributed by atoms with van der Waals surface area (Å²) in [6, 6.07) is 17.8. The van der Waals surface area contributed by atoms with Crippen molar-refractivity contribution in [1.82, 2.24) is 4.90 Å². The van der Waals surface area contributed by atoms with Crippen LogP contribution in [0, 0.1) is 0 Å². The SMILES string of the molecule is OCc1ccccc1C1CC(O)CCN1CCCC(O)c1ccccc1. The monoisotopic (exact) mass is 355 g/mol. The number of hydrogen-bond acceptors (Lipinski definition) is 4. The van der Waals surface area contributed by atoms with Gasteiger partial charge in [0.15, 0.2) is 0 Å². The third kappa shape index (κ3) is 4.71. The van der Waals surface area contributed by atoms with Crippen molar-refractivity contribution in [2.24, 2.45) is 0 Å². The van der Waals surface area contributed by atoms with Gasteiger partial charge in [-0.2, -0.15) is 0 Å². The van der Waals surface area contributed by atoms with E-state index in [9.17, 15) is 15.3 Å². The van der Waals surface area contributed by atoms with Crippen molar-refractivity contribution in [2.45, 2.75) is 50.5 Å². The van der Waals surface area contributed by atoms with Crippen molar-refractivity contribution in [3.05, 3.63) is 71.3 Å². The van der Waals surface area contributed by atoms with E-state index in [1.165, 1.54) is 0 Å². The van der Waals surface area contributed by atoms with E-state index in [-0.39, 0.29) is 18.8 Å². The number of aliphatic hydroxyl groups is 3. The number of rotatable bonds is 7. The highest BCUT2D eigenvalue weighted by molar-refractivity contribution is 5.30. The summed E-state index contributed by atoms with van der Waals surface area (Å²) in [6.07, 6.45) is 2.35. The summed E-state index contributed by atoms with van der Waals surface area (Å²) in [5.41, 5.74) is 3.00. The Balaban J connectivity index is 1.63. The van der Waals surface area contributed by atoms with Crippen LogP contribution in [0.2, 0.25) is 0 Å². The Bertz CT molecular complexity index is 676. The first-order valence-electron chi connectivity index (χ1n) is 9.53. The predicted molar refractivity (Wildman–Crippen MR) is 103 cm³/mol. The molecule has 0 aromatic heterocycles. The van der Waals surface area contributed by atoms with E-state index >= 15 is 0 Å². The topological polar surface area (TPSA) is 63.9 Å². The van der Waals surface area contributed by atoms with E-state index in [1.807, 2.05) is 48.5 Å². The predicted octanol–water partition coefficient (Wildman–Crippen LogP) is 3.19. The van der Waals surface area contributed by atoms with Gasteiger partial charge >= 0.3 is 0 Å². The Morgan fingerprint density at radius 2 is 1.77 bits per heavy atom. The van der Waals surface area contributed by atoms with Gasteiger partial charge in [0.05, 0.1) is 18.8 Å². The van der Waals surface area contributed by atoms with E-state index < -0.39 is 6.10 Å². The molecule has 4 heteroatoms. The molecule has 1 fully saturated rings. The molecule has 2 aromatic rings. The number of nitrogens with zero attached hydrogens (tertiary/aromatic N) is 1. The maximum atomic E-state index is 10.4. The maximum Gasteiger partial charge on any atom is 0.0790 e. The standard InChI is InChI=1S/C22H29NO3/c24-16-18-9-4-5-10-20(18)21-15-19(25)12-14-23(21)13-6-11-22(26)17-7-2-1-3-8-17/h1-5,7-10,19,21-22,24-26H,6,11-16H2. The third-order valence-electron chi connectivity index (χ3n) is 5.38. The highest BCUT2D eigenvalue weighted by Gasteiger charge is 2.29. The van der Waals surface area contributed by atoms with E-state index in [4.69, 9.17) is 0 Å². The lowest BCUT2D eigenvalue weighted by Crippen LogP contribution is -2.39. The zero-order valence-electron chi connectivity index (χ0n) is 15.2. The van der Waals surface area contributed by atoms with Crippen LogP contribution in [0.3, 0.4) is 0 Å². The molecule has 4 nitrogen and oxygen atoms in total. The molecule has 1 aliphatic rings. The highest BCUT2D eigenvalue weighted by Crippen LogP contribution is 2.33. The molecule has 3 N–H and O–H groups in total. The fourth-order valence-corrected chi connectivity index (χ4v) is 3.92. The van der Waals surface area contributed by atoms with Gasteiger partial charge in [-0.25, -0.2) is 0 Å². The smallest absolute Gasteiger partial charge is 0.0790 e. The van der Waals surface area contributed by atoms with Gasteiger partial charge in [0.1, 0.15) is 0 Å². The highest BCUT2D eigenvalue weighted by atomic mass is 16.3. The van der Waals surface area contributed by atoms with Crippen LogP contribution < -0.4 is 0 Å². The van der Waals surface area contributed by atoms with Crippen molar-refractivity contribution >= 4 is 0 Å². The van der Waals surface area contributed by atoms with Crippen molar-refractivity contribution in [3.63, 3.8) is 0 Å². The lowest BCUT2D eigenvalue weighted by Gasteiger charge is -2.39. The molecular weight excluding hydrogens is 326 g/mol. The number of benzene rings is 2. The minimum atomic E-state index is -0.435. The Kier molecular flexibility index (Phi) is 6.80. The Labute approximate surface area is 155 Å². The molecular formula is C22H29NO3. The second-order valence-electron chi connectivity index (χ2n) is 7.16. The van der Waals surface area contributed by atoms with Crippen LogP contribution >= 0.6 is 0 Å². The van der Waals surface area contributed by atoms with Gasteiger partial charge in [-0.3, -0.25) is 4.90 Å². The summed E-state index contributed by atoms with van der Waals surface area (Å²) in [4.78, 5) is 2.39. The van der Waals surface area contributed by atoms with Gasteiger partial charge < -0.3 is 15.3 Å². The molecule has 0 bridgehead atoms. The first-order chi connectivity index (χ1) is 12.7. The van der Waals surface area contributed by atoms with Gasteiger partial charge in [-0.15, -0.1) is 0 Å². The number of hydrogen-bond donors (Lipinski definition) is 3.